The number of para-hydroxylation sites is 1. The molecule has 1 heterocycles. The third kappa shape index (κ3) is 1.65. The Morgan fingerprint density at radius 1 is 1.32 bits per heavy atom. The van der Waals surface area contributed by atoms with Crippen molar-refractivity contribution in [3.05, 3.63) is 29.8 Å². The molecule has 0 radical (unpaired) electrons. The molecule has 0 spiro atoms. The van der Waals surface area contributed by atoms with Gasteiger partial charge in [-0.3, -0.25) is 4.79 Å². The van der Waals surface area contributed by atoms with E-state index in [9.17, 15) is 9.90 Å². The van der Waals surface area contributed by atoms with Gasteiger partial charge in [-0.1, -0.05) is 29.8 Å². The zero-order chi connectivity index (χ0) is 13.5. The minimum absolute atomic E-state index is 0.429. The van der Waals surface area contributed by atoms with Gasteiger partial charge in [-0.2, -0.15) is 0 Å². The van der Waals surface area contributed by atoms with Crippen LogP contribution in [0, 0.1) is 5.92 Å². The quantitative estimate of drug-likeness (QED) is 0.532. The number of anilines is 1. The Bertz CT molecular complexity index is 555. The van der Waals surface area contributed by atoms with Gasteiger partial charge in [0.05, 0.1) is 5.71 Å². The molecule has 1 fully saturated rings. The molecule has 3 rings (SSSR count). The van der Waals surface area contributed by atoms with Crippen molar-refractivity contribution in [1.29, 1.82) is 0 Å². The van der Waals surface area contributed by atoms with Gasteiger partial charge in [0.2, 0.25) is 0 Å². The van der Waals surface area contributed by atoms with Crippen molar-refractivity contribution in [2.24, 2.45) is 11.1 Å². The van der Waals surface area contributed by atoms with E-state index in [0.29, 0.717) is 29.8 Å². The minimum Gasteiger partial charge on any atom is -0.411 e. The molecule has 2 unspecified atom stereocenters. The fourth-order valence-corrected chi connectivity index (χ4v) is 3.18. The molecular formula is C14H16N2O3. The first-order valence-corrected chi connectivity index (χ1v) is 6.52. The Hall–Kier alpha value is -1.88. The molecule has 19 heavy (non-hydrogen) atoms. The monoisotopic (exact) mass is 260 g/mol. The van der Waals surface area contributed by atoms with Gasteiger partial charge in [-0.15, -0.1) is 0 Å². The van der Waals surface area contributed by atoms with Crippen molar-refractivity contribution in [3.63, 3.8) is 0 Å². The van der Waals surface area contributed by atoms with Gasteiger partial charge in [0.15, 0.2) is 5.60 Å². The second kappa shape index (κ2) is 4.35. The number of nitrogens with one attached hydrogen (secondary N) is 1. The van der Waals surface area contributed by atoms with Crippen LogP contribution in [0.4, 0.5) is 5.69 Å². The Balaban J connectivity index is 2.09. The Kier molecular flexibility index (Phi) is 2.78. The van der Waals surface area contributed by atoms with E-state index in [4.69, 9.17) is 5.21 Å². The van der Waals surface area contributed by atoms with E-state index < -0.39 is 17.4 Å². The van der Waals surface area contributed by atoms with Gasteiger partial charge in [0.25, 0.3) is 5.91 Å². The molecule has 2 atom stereocenters. The maximum Gasteiger partial charge on any atom is 0.261 e. The van der Waals surface area contributed by atoms with Crippen molar-refractivity contribution in [1.82, 2.24) is 0 Å². The highest BCUT2D eigenvalue weighted by Crippen LogP contribution is 2.45. The first-order chi connectivity index (χ1) is 9.17. The normalized spacial score (nSPS) is 32.2. The van der Waals surface area contributed by atoms with Crippen molar-refractivity contribution in [3.8, 4) is 0 Å². The van der Waals surface area contributed by atoms with Crippen molar-refractivity contribution < 1.29 is 15.1 Å². The van der Waals surface area contributed by atoms with E-state index in [1.807, 2.05) is 6.07 Å². The van der Waals surface area contributed by atoms with Crippen LogP contribution in [0.3, 0.4) is 0 Å². The van der Waals surface area contributed by atoms with E-state index in [2.05, 4.69) is 10.5 Å². The number of nitrogens with zero attached hydrogens (tertiary/aromatic N) is 1. The number of hydrogen-bond acceptors (Lipinski definition) is 4. The number of carbonyl (C=O) groups is 1. The van der Waals surface area contributed by atoms with Crippen molar-refractivity contribution >= 4 is 17.3 Å². The average molecular weight is 260 g/mol. The van der Waals surface area contributed by atoms with Gasteiger partial charge in [-0.05, 0) is 25.3 Å². The van der Waals surface area contributed by atoms with Crippen LogP contribution in [0.15, 0.2) is 29.4 Å². The molecule has 0 saturated heterocycles. The van der Waals surface area contributed by atoms with Crippen molar-refractivity contribution in [2.75, 3.05) is 5.32 Å². The summed E-state index contributed by atoms with van der Waals surface area (Å²) < 4.78 is 0. The molecular weight excluding hydrogens is 244 g/mol. The van der Waals surface area contributed by atoms with Crippen LogP contribution < -0.4 is 5.32 Å². The topological polar surface area (TPSA) is 81.9 Å². The summed E-state index contributed by atoms with van der Waals surface area (Å²) in [6, 6.07) is 7.12. The van der Waals surface area contributed by atoms with Crippen LogP contribution in [0.1, 0.15) is 31.2 Å². The molecule has 1 aliphatic carbocycles. The lowest BCUT2D eigenvalue weighted by molar-refractivity contribution is -0.137. The molecule has 1 aromatic carbocycles. The summed E-state index contributed by atoms with van der Waals surface area (Å²) in [7, 11) is 0. The zero-order valence-electron chi connectivity index (χ0n) is 10.5. The summed E-state index contributed by atoms with van der Waals surface area (Å²) in [5.74, 6) is -0.878. The first-order valence-electron chi connectivity index (χ1n) is 6.52. The molecule has 1 amide bonds. The highest BCUT2D eigenvalue weighted by atomic mass is 16.4. The predicted molar refractivity (Wildman–Crippen MR) is 70.1 cm³/mol. The van der Waals surface area contributed by atoms with Gasteiger partial charge >= 0.3 is 0 Å². The van der Waals surface area contributed by atoms with Crippen LogP contribution in [-0.4, -0.2) is 21.9 Å². The largest absolute Gasteiger partial charge is 0.411 e. The Morgan fingerprint density at radius 3 is 2.89 bits per heavy atom. The van der Waals surface area contributed by atoms with Crippen LogP contribution in [0.25, 0.3) is 0 Å². The molecule has 100 valence electrons. The van der Waals surface area contributed by atoms with Gasteiger partial charge in [0.1, 0.15) is 0 Å². The number of aliphatic hydroxyl groups is 1. The fourth-order valence-electron chi connectivity index (χ4n) is 3.18. The Morgan fingerprint density at radius 2 is 2.11 bits per heavy atom. The van der Waals surface area contributed by atoms with E-state index >= 15 is 0 Å². The first kappa shape index (κ1) is 12.2. The molecule has 5 nitrogen and oxygen atoms in total. The smallest absolute Gasteiger partial charge is 0.261 e. The molecule has 3 N–H and O–H groups in total. The highest BCUT2D eigenvalue weighted by molar-refractivity contribution is 6.08. The number of rotatable bonds is 1. The lowest BCUT2D eigenvalue weighted by Crippen LogP contribution is -2.46. The third-order valence-electron chi connectivity index (χ3n) is 4.14. The molecule has 2 aliphatic rings. The SMILES string of the molecule is O=C1Nc2ccccc2C1(O)C1CCCC/C1=N\O. The number of oxime groups is 1. The Labute approximate surface area is 110 Å². The zero-order valence-corrected chi connectivity index (χ0v) is 10.5. The molecule has 5 heteroatoms. The molecule has 0 aromatic heterocycles. The predicted octanol–water partition coefficient (Wildman–Crippen LogP) is 1.85. The maximum absolute atomic E-state index is 12.2. The third-order valence-corrected chi connectivity index (χ3v) is 4.14. The summed E-state index contributed by atoms with van der Waals surface area (Å²) in [4.78, 5) is 12.2. The van der Waals surface area contributed by atoms with E-state index in [0.717, 1.165) is 12.8 Å². The van der Waals surface area contributed by atoms with Crippen molar-refractivity contribution in [2.45, 2.75) is 31.3 Å². The summed E-state index contributed by atoms with van der Waals surface area (Å²) in [6.07, 6.45) is 3.12. The number of hydrogen-bond donors (Lipinski definition) is 3. The molecule has 1 aliphatic heterocycles. The van der Waals surface area contributed by atoms with Crippen LogP contribution in [-0.2, 0) is 10.4 Å². The van der Waals surface area contributed by atoms with E-state index in [1.165, 1.54) is 0 Å². The standard InChI is InChI=1S/C14H16N2O3/c17-13-14(18,9-5-1-3-7-11(9)15-13)10-6-2-4-8-12(10)16-19/h1,3,5,7,10,18-19H,2,4,6,8H2,(H,15,17)/b16-12+. The second-order valence-corrected chi connectivity index (χ2v) is 5.16. The second-order valence-electron chi connectivity index (χ2n) is 5.16. The number of benzene rings is 1. The summed E-state index contributed by atoms with van der Waals surface area (Å²) in [6.45, 7) is 0. The van der Waals surface area contributed by atoms with Crippen LogP contribution in [0.2, 0.25) is 0 Å². The molecule has 0 bridgehead atoms. The maximum atomic E-state index is 12.2. The van der Waals surface area contributed by atoms with Gasteiger partial charge < -0.3 is 15.6 Å². The highest BCUT2D eigenvalue weighted by Gasteiger charge is 2.53. The minimum atomic E-state index is -1.61. The average Bonchev–Trinajstić information content (AvgIpc) is 2.72. The summed E-state index contributed by atoms with van der Waals surface area (Å²) in [5.41, 5.74) is 0.116. The molecule has 1 aromatic rings. The van der Waals surface area contributed by atoms with Crippen LogP contribution >= 0.6 is 0 Å². The summed E-state index contributed by atoms with van der Waals surface area (Å²) >= 11 is 0. The van der Waals surface area contributed by atoms with Gasteiger partial charge in [0, 0.05) is 17.2 Å². The van der Waals surface area contributed by atoms with E-state index in [-0.39, 0.29) is 0 Å². The number of amides is 1. The lowest BCUT2D eigenvalue weighted by Gasteiger charge is -2.34. The van der Waals surface area contributed by atoms with Crippen LogP contribution in [0.5, 0.6) is 0 Å². The lowest BCUT2D eigenvalue weighted by atomic mass is 9.73. The fraction of sp³-hybridized carbons (Fsp3) is 0.429. The van der Waals surface area contributed by atoms with Gasteiger partial charge in [-0.25, -0.2) is 0 Å². The number of fused-ring (bicyclic) bond motifs is 1. The number of carbonyl (C=O) groups excluding carboxylic acids is 1. The molecule has 1 saturated carbocycles. The van der Waals surface area contributed by atoms with E-state index in [1.54, 1.807) is 18.2 Å². The summed E-state index contributed by atoms with van der Waals surface area (Å²) in [5, 5.41) is 26.1.